The molecule has 4 rings (SSSR count). The highest BCUT2D eigenvalue weighted by molar-refractivity contribution is 5.62. The molecule has 0 saturated carbocycles. The van der Waals surface area contributed by atoms with E-state index in [0.717, 1.165) is 28.2 Å². The molecule has 1 heterocycles. The summed E-state index contributed by atoms with van der Waals surface area (Å²) in [4.78, 5) is 13.6. The monoisotopic (exact) mass is 412 g/mol. The largest absolute Gasteiger partial charge is 0.392 e. The van der Waals surface area contributed by atoms with Gasteiger partial charge in [-0.1, -0.05) is 42.0 Å². The van der Waals surface area contributed by atoms with Crippen molar-refractivity contribution >= 4 is 34.9 Å². The molecular weight excluding hydrogens is 388 g/mol. The van der Waals surface area contributed by atoms with E-state index in [0.29, 0.717) is 17.8 Å². The number of benzene rings is 3. The van der Waals surface area contributed by atoms with Gasteiger partial charge in [-0.2, -0.15) is 15.0 Å². The lowest BCUT2D eigenvalue weighted by atomic mass is 10.2. The average Bonchev–Trinajstić information content (AvgIpc) is 2.76. The van der Waals surface area contributed by atoms with E-state index in [2.05, 4.69) is 30.9 Å². The Labute approximate surface area is 181 Å². The Hall–Kier alpha value is -3.97. The number of hydrogen-bond acceptors (Lipinski definition) is 7. The molecule has 0 aliphatic heterocycles. The van der Waals surface area contributed by atoms with Crippen molar-refractivity contribution in [3.63, 3.8) is 0 Å². The van der Waals surface area contributed by atoms with Gasteiger partial charge in [0.25, 0.3) is 0 Å². The second-order valence-electron chi connectivity index (χ2n) is 7.27. The van der Waals surface area contributed by atoms with E-state index in [1.165, 1.54) is 5.56 Å². The lowest BCUT2D eigenvalue weighted by Crippen LogP contribution is -2.07. The van der Waals surface area contributed by atoms with Crippen LogP contribution in [0.5, 0.6) is 0 Å². The third-order valence-corrected chi connectivity index (χ3v) is 4.61. The first-order valence-electron chi connectivity index (χ1n) is 9.98. The molecule has 3 aromatic carbocycles. The number of rotatable bonds is 7. The number of aliphatic hydroxyl groups is 1. The van der Waals surface area contributed by atoms with Gasteiger partial charge in [0, 0.05) is 17.1 Å². The molecule has 0 aliphatic rings. The van der Waals surface area contributed by atoms with Crippen molar-refractivity contribution in [3.05, 3.63) is 89.5 Å². The van der Waals surface area contributed by atoms with Crippen LogP contribution in [-0.4, -0.2) is 20.1 Å². The van der Waals surface area contributed by atoms with Crippen LogP contribution in [0.4, 0.5) is 34.9 Å². The van der Waals surface area contributed by atoms with Gasteiger partial charge in [0.05, 0.1) is 6.61 Å². The summed E-state index contributed by atoms with van der Waals surface area (Å²) in [5.41, 5.74) is 5.74. The number of hydrogen-bond donors (Lipinski definition) is 4. The van der Waals surface area contributed by atoms with Crippen LogP contribution in [0, 0.1) is 13.8 Å². The summed E-state index contributed by atoms with van der Waals surface area (Å²) < 4.78 is 0. The Morgan fingerprint density at radius 2 is 1.13 bits per heavy atom. The molecule has 156 valence electrons. The van der Waals surface area contributed by atoms with E-state index in [1.54, 1.807) is 0 Å². The van der Waals surface area contributed by atoms with Crippen LogP contribution in [0.25, 0.3) is 0 Å². The van der Waals surface area contributed by atoms with Crippen LogP contribution >= 0.6 is 0 Å². The maximum absolute atomic E-state index is 9.24. The quantitative estimate of drug-likeness (QED) is 0.331. The van der Waals surface area contributed by atoms with Crippen molar-refractivity contribution in [3.8, 4) is 0 Å². The van der Waals surface area contributed by atoms with Crippen LogP contribution in [0.15, 0.2) is 72.8 Å². The van der Waals surface area contributed by atoms with Gasteiger partial charge in [0.15, 0.2) is 0 Å². The van der Waals surface area contributed by atoms with Crippen molar-refractivity contribution < 1.29 is 5.11 Å². The summed E-state index contributed by atoms with van der Waals surface area (Å²) in [5.74, 6) is 1.24. The minimum atomic E-state index is 0.00121. The van der Waals surface area contributed by atoms with Crippen LogP contribution < -0.4 is 16.0 Å². The molecule has 0 unspecified atom stereocenters. The first-order chi connectivity index (χ1) is 15.1. The summed E-state index contributed by atoms with van der Waals surface area (Å²) in [6, 6.07) is 23.4. The zero-order valence-electron chi connectivity index (χ0n) is 17.4. The number of anilines is 6. The molecule has 0 amide bonds. The normalized spacial score (nSPS) is 10.5. The Bertz CT molecular complexity index is 1160. The van der Waals surface area contributed by atoms with E-state index in [9.17, 15) is 5.11 Å². The van der Waals surface area contributed by atoms with Gasteiger partial charge in [0.1, 0.15) is 0 Å². The Morgan fingerprint density at radius 3 is 1.65 bits per heavy atom. The van der Waals surface area contributed by atoms with E-state index < -0.39 is 0 Å². The van der Waals surface area contributed by atoms with Crippen LogP contribution in [0.3, 0.4) is 0 Å². The highest BCUT2D eigenvalue weighted by atomic mass is 16.3. The Balaban J connectivity index is 1.63. The van der Waals surface area contributed by atoms with Gasteiger partial charge in [-0.3, -0.25) is 0 Å². The summed E-state index contributed by atoms with van der Waals surface area (Å²) in [5, 5.41) is 18.9. The molecule has 0 aliphatic carbocycles. The van der Waals surface area contributed by atoms with E-state index in [1.807, 2.05) is 86.6 Å². The zero-order valence-corrected chi connectivity index (χ0v) is 17.4. The molecule has 0 atom stereocenters. The SMILES string of the molecule is Cc1ccc(Nc2nc(Nc3ccc(CO)cc3)nc(Nc3cccc(C)c3)n2)cc1. The summed E-state index contributed by atoms with van der Waals surface area (Å²) in [6.45, 7) is 4.08. The lowest BCUT2D eigenvalue weighted by molar-refractivity contribution is 0.282. The predicted octanol–water partition coefficient (Wildman–Crippen LogP) is 5.21. The molecule has 7 heteroatoms. The molecule has 0 fully saturated rings. The molecule has 4 aromatic rings. The zero-order chi connectivity index (χ0) is 21.6. The third kappa shape index (κ3) is 5.55. The van der Waals surface area contributed by atoms with E-state index in [-0.39, 0.29) is 6.61 Å². The standard InChI is InChI=1S/C24H24N6O/c1-16-6-10-19(11-7-16)25-22-28-23(26-20-12-8-18(15-31)9-13-20)30-24(29-22)27-21-5-3-4-17(2)14-21/h3-14,31H,15H2,1-2H3,(H3,25,26,27,28,29,30). The third-order valence-electron chi connectivity index (χ3n) is 4.61. The Kier molecular flexibility index (Phi) is 6.05. The maximum atomic E-state index is 9.24. The second-order valence-corrected chi connectivity index (χ2v) is 7.27. The van der Waals surface area contributed by atoms with Crippen LogP contribution in [0.2, 0.25) is 0 Å². The predicted molar refractivity (Wildman–Crippen MR) is 124 cm³/mol. The van der Waals surface area contributed by atoms with Gasteiger partial charge >= 0.3 is 0 Å². The smallest absolute Gasteiger partial charge is 0.233 e. The van der Waals surface area contributed by atoms with Crippen molar-refractivity contribution in [2.45, 2.75) is 20.5 Å². The molecular formula is C24H24N6O. The van der Waals surface area contributed by atoms with Gasteiger partial charge in [0.2, 0.25) is 17.8 Å². The number of nitrogens with one attached hydrogen (secondary N) is 3. The molecule has 7 nitrogen and oxygen atoms in total. The van der Waals surface area contributed by atoms with Gasteiger partial charge < -0.3 is 21.1 Å². The van der Waals surface area contributed by atoms with E-state index in [4.69, 9.17) is 0 Å². The summed E-state index contributed by atoms with van der Waals surface area (Å²) >= 11 is 0. The minimum absolute atomic E-state index is 0.00121. The highest BCUT2D eigenvalue weighted by Crippen LogP contribution is 2.22. The van der Waals surface area contributed by atoms with Gasteiger partial charge in [-0.05, 0) is 61.4 Å². The maximum Gasteiger partial charge on any atom is 0.233 e. The number of aryl methyl sites for hydroxylation is 2. The van der Waals surface area contributed by atoms with Gasteiger partial charge in [-0.25, -0.2) is 0 Å². The summed E-state index contributed by atoms with van der Waals surface area (Å²) in [6.07, 6.45) is 0. The van der Waals surface area contributed by atoms with Crippen molar-refractivity contribution in [1.82, 2.24) is 15.0 Å². The highest BCUT2D eigenvalue weighted by Gasteiger charge is 2.09. The number of aromatic nitrogens is 3. The first kappa shape index (κ1) is 20.3. The molecule has 0 radical (unpaired) electrons. The average molecular weight is 412 g/mol. The van der Waals surface area contributed by atoms with Crippen molar-refractivity contribution in [2.75, 3.05) is 16.0 Å². The van der Waals surface area contributed by atoms with Gasteiger partial charge in [-0.15, -0.1) is 0 Å². The minimum Gasteiger partial charge on any atom is -0.392 e. The Morgan fingerprint density at radius 1 is 0.613 bits per heavy atom. The number of aliphatic hydroxyl groups excluding tert-OH is 1. The van der Waals surface area contributed by atoms with Crippen molar-refractivity contribution in [1.29, 1.82) is 0 Å². The second kappa shape index (κ2) is 9.23. The molecule has 0 saturated heterocycles. The fraction of sp³-hybridized carbons (Fsp3) is 0.125. The topological polar surface area (TPSA) is 95.0 Å². The fourth-order valence-electron chi connectivity index (χ4n) is 2.98. The molecule has 4 N–H and O–H groups in total. The van der Waals surface area contributed by atoms with Crippen molar-refractivity contribution in [2.24, 2.45) is 0 Å². The fourth-order valence-corrected chi connectivity index (χ4v) is 2.98. The summed E-state index contributed by atoms with van der Waals surface area (Å²) in [7, 11) is 0. The molecule has 0 bridgehead atoms. The number of nitrogens with zero attached hydrogens (tertiary/aromatic N) is 3. The van der Waals surface area contributed by atoms with E-state index >= 15 is 0 Å². The van der Waals surface area contributed by atoms with Crippen LogP contribution in [-0.2, 0) is 6.61 Å². The molecule has 1 aromatic heterocycles. The molecule has 0 spiro atoms. The molecule has 31 heavy (non-hydrogen) atoms. The lowest BCUT2D eigenvalue weighted by Gasteiger charge is -2.12. The first-order valence-corrected chi connectivity index (χ1v) is 9.98. The van der Waals surface area contributed by atoms with Crippen LogP contribution in [0.1, 0.15) is 16.7 Å².